The molecule has 2 amide bonds. The van der Waals surface area contributed by atoms with Crippen LogP contribution in [0.5, 0.6) is 0 Å². The van der Waals surface area contributed by atoms with Crippen molar-refractivity contribution in [3.8, 4) is 10.6 Å². The lowest BCUT2D eigenvalue weighted by Gasteiger charge is -2.02. The molecule has 0 radical (unpaired) electrons. The zero-order valence-electron chi connectivity index (χ0n) is 11.1. The monoisotopic (exact) mass is 334 g/mol. The molecule has 0 fully saturated rings. The third-order valence-electron chi connectivity index (χ3n) is 2.63. The number of aromatic nitrogens is 2. The van der Waals surface area contributed by atoms with E-state index in [2.05, 4.69) is 20.8 Å². The third kappa shape index (κ3) is 3.38. The Bertz CT molecular complexity index is 765. The van der Waals surface area contributed by atoms with Crippen molar-refractivity contribution in [3.05, 3.63) is 41.0 Å². The van der Waals surface area contributed by atoms with Crippen molar-refractivity contribution in [1.29, 1.82) is 0 Å². The zero-order chi connectivity index (χ0) is 15.4. The van der Waals surface area contributed by atoms with Crippen LogP contribution in [-0.2, 0) is 4.79 Å². The Morgan fingerprint density at radius 2 is 2.18 bits per heavy atom. The minimum Gasteiger partial charge on any atom is -0.472 e. The maximum Gasteiger partial charge on any atom is 0.254 e. The molecule has 22 heavy (non-hydrogen) atoms. The number of thiophene rings is 1. The van der Waals surface area contributed by atoms with Crippen molar-refractivity contribution < 1.29 is 14.0 Å². The molecule has 3 aromatic rings. The molecule has 0 saturated heterocycles. The molecule has 0 aliphatic carbocycles. The standard InChI is InChI=1S/C13H10N4O3S2/c18-10(5-14-11(19)8-1-3-20-6-8)15-13-17-16-12(22-13)9-2-4-21-7-9/h1-4,6-7H,5H2,(H,14,19)(H,15,17,18). The van der Waals surface area contributed by atoms with E-state index in [4.69, 9.17) is 4.42 Å². The summed E-state index contributed by atoms with van der Waals surface area (Å²) >= 11 is 2.84. The summed E-state index contributed by atoms with van der Waals surface area (Å²) < 4.78 is 4.80. The molecule has 0 aliphatic heterocycles. The summed E-state index contributed by atoms with van der Waals surface area (Å²) in [5.74, 6) is -0.745. The first-order valence-corrected chi connectivity index (χ1v) is 7.94. The van der Waals surface area contributed by atoms with Gasteiger partial charge in [-0.05, 0) is 17.5 Å². The minimum absolute atomic E-state index is 0.155. The summed E-state index contributed by atoms with van der Waals surface area (Å²) in [5.41, 5.74) is 1.33. The van der Waals surface area contributed by atoms with Crippen LogP contribution in [0.4, 0.5) is 5.13 Å². The number of furan rings is 1. The normalized spacial score (nSPS) is 10.4. The van der Waals surface area contributed by atoms with Gasteiger partial charge in [0.25, 0.3) is 5.91 Å². The lowest BCUT2D eigenvalue weighted by atomic mass is 10.3. The Morgan fingerprint density at radius 3 is 2.91 bits per heavy atom. The van der Waals surface area contributed by atoms with Gasteiger partial charge in [0.1, 0.15) is 11.3 Å². The quantitative estimate of drug-likeness (QED) is 0.746. The molecular weight excluding hydrogens is 324 g/mol. The smallest absolute Gasteiger partial charge is 0.254 e. The molecule has 7 nitrogen and oxygen atoms in total. The first-order valence-electron chi connectivity index (χ1n) is 6.18. The molecule has 112 valence electrons. The van der Waals surface area contributed by atoms with E-state index in [9.17, 15) is 9.59 Å². The van der Waals surface area contributed by atoms with Crippen LogP contribution >= 0.6 is 22.7 Å². The third-order valence-corrected chi connectivity index (χ3v) is 4.20. The maximum atomic E-state index is 11.8. The van der Waals surface area contributed by atoms with Gasteiger partial charge in [0, 0.05) is 10.9 Å². The molecule has 0 bridgehead atoms. The van der Waals surface area contributed by atoms with Crippen molar-refractivity contribution in [2.75, 3.05) is 11.9 Å². The van der Waals surface area contributed by atoms with Crippen LogP contribution in [0.1, 0.15) is 10.4 Å². The lowest BCUT2D eigenvalue weighted by Crippen LogP contribution is -2.32. The molecule has 9 heteroatoms. The molecule has 0 spiro atoms. The molecule has 0 saturated carbocycles. The van der Waals surface area contributed by atoms with Crippen LogP contribution < -0.4 is 10.6 Å². The van der Waals surface area contributed by atoms with E-state index >= 15 is 0 Å². The first kappa shape index (κ1) is 14.4. The van der Waals surface area contributed by atoms with Crippen molar-refractivity contribution >= 4 is 39.6 Å². The summed E-state index contributed by atoms with van der Waals surface area (Å²) in [6.07, 6.45) is 2.70. The number of nitrogens with one attached hydrogen (secondary N) is 2. The molecule has 0 atom stereocenters. The van der Waals surface area contributed by atoms with Crippen LogP contribution in [0.15, 0.2) is 39.8 Å². The van der Waals surface area contributed by atoms with Crippen molar-refractivity contribution in [1.82, 2.24) is 15.5 Å². The second kappa shape index (κ2) is 6.50. The highest BCUT2D eigenvalue weighted by Gasteiger charge is 2.12. The van der Waals surface area contributed by atoms with Gasteiger partial charge in [-0.3, -0.25) is 14.9 Å². The number of hydrogen-bond acceptors (Lipinski definition) is 7. The van der Waals surface area contributed by atoms with Gasteiger partial charge >= 0.3 is 0 Å². The number of hydrogen-bond donors (Lipinski definition) is 2. The highest BCUT2D eigenvalue weighted by Crippen LogP contribution is 2.27. The predicted molar refractivity (Wildman–Crippen MR) is 82.9 cm³/mol. The number of nitrogens with zero attached hydrogens (tertiary/aromatic N) is 2. The van der Waals surface area contributed by atoms with Gasteiger partial charge in [0.05, 0.1) is 18.4 Å². The van der Waals surface area contributed by atoms with E-state index in [-0.39, 0.29) is 18.4 Å². The van der Waals surface area contributed by atoms with Crippen LogP contribution in [0, 0.1) is 0 Å². The summed E-state index contributed by atoms with van der Waals surface area (Å²) in [4.78, 5) is 23.4. The van der Waals surface area contributed by atoms with Gasteiger partial charge in [0.2, 0.25) is 11.0 Å². The molecular formula is C13H10N4O3S2. The van der Waals surface area contributed by atoms with Gasteiger partial charge < -0.3 is 9.73 Å². The van der Waals surface area contributed by atoms with Crippen LogP contribution in [-0.4, -0.2) is 28.6 Å². The molecule has 0 aromatic carbocycles. The fraction of sp³-hybridized carbons (Fsp3) is 0.0769. The van der Waals surface area contributed by atoms with Gasteiger partial charge in [-0.2, -0.15) is 11.3 Å². The van der Waals surface area contributed by atoms with Crippen LogP contribution in [0.3, 0.4) is 0 Å². The van der Waals surface area contributed by atoms with E-state index in [1.165, 1.54) is 29.9 Å². The summed E-state index contributed by atoms with van der Waals surface area (Å²) in [6, 6.07) is 3.45. The Hall–Kier alpha value is -2.52. The predicted octanol–water partition coefficient (Wildman–Crippen LogP) is 2.23. The fourth-order valence-electron chi connectivity index (χ4n) is 1.60. The van der Waals surface area contributed by atoms with Crippen molar-refractivity contribution in [2.45, 2.75) is 0 Å². The molecule has 0 aliphatic rings. The number of carbonyl (C=O) groups excluding carboxylic acids is 2. The molecule has 3 heterocycles. The second-order valence-electron chi connectivity index (χ2n) is 4.17. The number of rotatable bonds is 5. The van der Waals surface area contributed by atoms with E-state index in [0.29, 0.717) is 10.7 Å². The highest BCUT2D eigenvalue weighted by molar-refractivity contribution is 7.19. The Balaban J connectivity index is 1.53. The molecule has 3 rings (SSSR count). The SMILES string of the molecule is O=C(CNC(=O)c1ccoc1)Nc1nnc(-c2ccsc2)s1. The largest absolute Gasteiger partial charge is 0.472 e. The van der Waals surface area contributed by atoms with Crippen LogP contribution in [0.25, 0.3) is 10.6 Å². The van der Waals surface area contributed by atoms with Crippen molar-refractivity contribution in [2.24, 2.45) is 0 Å². The van der Waals surface area contributed by atoms with Crippen molar-refractivity contribution in [3.63, 3.8) is 0 Å². The van der Waals surface area contributed by atoms with Gasteiger partial charge in [-0.1, -0.05) is 11.3 Å². The van der Waals surface area contributed by atoms with E-state index in [0.717, 1.165) is 10.6 Å². The minimum atomic E-state index is -0.375. The first-order chi connectivity index (χ1) is 10.7. The topological polar surface area (TPSA) is 97.1 Å². The summed E-state index contributed by atoms with van der Waals surface area (Å²) in [5, 5.41) is 18.0. The Kier molecular flexibility index (Phi) is 4.26. The number of carbonyl (C=O) groups is 2. The van der Waals surface area contributed by atoms with Gasteiger partial charge in [-0.25, -0.2) is 0 Å². The van der Waals surface area contributed by atoms with E-state index < -0.39 is 0 Å². The van der Waals surface area contributed by atoms with Gasteiger partial charge in [0.15, 0.2) is 0 Å². The van der Waals surface area contributed by atoms with Crippen LogP contribution in [0.2, 0.25) is 0 Å². The van der Waals surface area contributed by atoms with E-state index in [1.54, 1.807) is 11.3 Å². The number of anilines is 1. The average Bonchev–Trinajstić information content (AvgIpc) is 3.23. The zero-order valence-corrected chi connectivity index (χ0v) is 12.7. The Morgan fingerprint density at radius 1 is 1.27 bits per heavy atom. The highest BCUT2D eigenvalue weighted by atomic mass is 32.1. The maximum absolute atomic E-state index is 11.8. The summed E-state index contributed by atoms with van der Waals surface area (Å²) in [6.45, 7) is -0.155. The Labute approximate surface area is 133 Å². The van der Waals surface area contributed by atoms with E-state index in [1.807, 2.05) is 16.8 Å². The second-order valence-corrected chi connectivity index (χ2v) is 5.92. The molecule has 3 aromatic heterocycles. The molecule has 2 N–H and O–H groups in total. The average molecular weight is 334 g/mol. The lowest BCUT2D eigenvalue weighted by molar-refractivity contribution is -0.115. The number of amides is 2. The fourth-order valence-corrected chi connectivity index (χ4v) is 3.07. The molecule has 0 unspecified atom stereocenters. The van der Waals surface area contributed by atoms with Gasteiger partial charge in [-0.15, -0.1) is 10.2 Å². The summed E-state index contributed by atoms with van der Waals surface area (Å²) in [7, 11) is 0.